The second-order valence-electron chi connectivity index (χ2n) is 11.7. The van der Waals surface area contributed by atoms with Crippen LogP contribution < -0.4 is 21.0 Å². The van der Waals surface area contributed by atoms with Crippen LogP contribution in [0.1, 0.15) is 72.0 Å². The van der Waals surface area contributed by atoms with Crippen molar-refractivity contribution in [3.8, 4) is 5.75 Å². The Kier molecular flexibility index (Phi) is 10.3. The number of aryl methyl sites for hydroxylation is 3. The molecule has 42 heavy (non-hydrogen) atoms. The Morgan fingerprint density at radius 1 is 0.738 bits per heavy atom. The van der Waals surface area contributed by atoms with E-state index in [1.165, 1.54) is 0 Å². The van der Waals surface area contributed by atoms with Crippen molar-refractivity contribution >= 4 is 35.4 Å². The number of aromatic amines is 1. The number of aldehydes is 3. The molecule has 0 amide bonds. The number of carbonyl (C=O) groups excluding carboxylic acids is 3. The molecular formula is C32H45N5O5. The van der Waals surface area contributed by atoms with Gasteiger partial charge in [-0.05, 0) is 121 Å². The summed E-state index contributed by atoms with van der Waals surface area (Å²) in [5.41, 5.74) is 7.74. The van der Waals surface area contributed by atoms with E-state index in [1.807, 2.05) is 41.5 Å². The zero-order chi connectivity index (χ0) is 30.6. The standard InChI is InChI=1S/C22H27N3O3.2C5H9NO/c1-11-13(3)19-18(20(14(11)4)28-24-9-7-8-17(24)10-26)22(27)25-16(6)12(2)15(5)21(25)23-19;2*7-4-5-2-1-3-6-5/h10,17,23H,7-9H2,1-6H3;2*4-6H,1-3H2. The summed E-state index contributed by atoms with van der Waals surface area (Å²) in [5, 5.41) is 8.34. The molecular weight excluding hydrogens is 534 g/mol. The third kappa shape index (κ3) is 6.21. The van der Waals surface area contributed by atoms with Crippen molar-refractivity contribution in [2.24, 2.45) is 0 Å². The Labute approximate surface area is 247 Å². The molecule has 3 aromatic rings. The molecule has 3 N–H and O–H groups in total. The zero-order valence-electron chi connectivity index (χ0n) is 25.8. The molecule has 3 saturated heterocycles. The molecule has 3 aliphatic heterocycles. The van der Waals surface area contributed by atoms with Gasteiger partial charge in [-0.2, -0.15) is 0 Å². The number of fused-ring (bicyclic) bond motifs is 2. The van der Waals surface area contributed by atoms with Crippen LogP contribution in [0.2, 0.25) is 0 Å². The number of H-pyrrole nitrogens is 1. The predicted molar refractivity (Wildman–Crippen MR) is 165 cm³/mol. The maximum absolute atomic E-state index is 13.6. The zero-order valence-corrected chi connectivity index (χ0v) is 25.8. The van der Waals surface area contributed by atoms with Gasteiger partial charge in [-0.15, -0.1) is 5.06 Å². The lowest BCUT2D eigenvalue weighted by Gasteiger charge is -2.24. The van der Waals surface area contributed by atoms with Gasteiger partial charge in [-0.3, -0.25) is 9.20 Å². The highest BCUT2D eigenvalue weighted by Crippen LogP contribution is 2.35. The molecule has 0 aliphatic carbocycles. The summed E-state index contributed by atoms with van der Waals surface area (Å²) >= 11 is 0. The molecule has 6 rings (SSSR count). The second kappa shape index (κ2) is 13.8. The molecule has 0 saturated carbocycles. The first-order chi connectivity index (χ1) is 20.1. The molecule has 3 atom stereocenters. The highest BCUT2D eigenvalue weighted by atomic mass is 16.7. The minimum absolute atomic E-state index is 0.0829. The van der Waals surface area contributed by atoms with Crippen LogP contribution in [0.4, 0.5) is 0 Å². The fraction of sp³-hybridized carbons (Fsp3) is 0.562. The van der Waals surface area contributed by atoms with Crippen molar-refractivity contribution in [2.45, 2.75) is 98.2 Å². The van der Waals surface area contributed by atoms with E-state index in [2.05, 4.69) is 15.6 Å². The molecule has 10 nitrogen and oxygen atoms in total. The molecule has 10 heteroatoms. The number of nitrogens with one attached hydrogen (secondary N) is 3. The Morgan fingerprint density at radius 2 is 1.36 bits per heavy atom. The van der Waals surface area contributed by atoms with Gasteiger partial charge < -0.3 is 34.8 Å². The lowest BCUT2D eigenvalue weighted by atomic mass is 9.99. The van der Waals surface area contributed by atoms with Gasteiger partial charge in [-0.25, -0.2) is 0 Å². The molecule has 0 radical (unpaired) electrons. The number of hydrogen-bond donors (Lipinski definition) is 3. The minimum Gasteiger partial charge on any atom is -0.404 e. The normalized spacial score (nSPS) is 22.0. The van der Waals surface area contributed by atoms with Crippen molar-refractivity contribution < 1.29 is 19.2 Å². The van der Waals surface area contributed by atoms with E-state index in [4.69, 9.17) is 4.84 Å². The Morgan fingerprint density at radius 3 is 1.86 bits per heavy atom. The van der Waals surface area contributed by atoms with E-state index < -0.39 is 0 Å². The molecule has 5 heterocycles. The molecule has 1 aromatic carbocycles. The van der Waals surface area contributed by atoms with Gasteiger partial charge in [0.05, 0.1) is 17.6 Å². The van der Waals surface area contributed by atoms with Crippen molar-refractivity contribution in [2.75, 3.05) is 19.6 Å². The average Bonchev–Trinajstić information content (AvgIpc) is 3.82. The highest BCUT2D eigenvalue weighted by Gasteiger charge is 2.29. The number of rotatable bonds is 5. The fourth-order valence-electron chi connectivity index (χ4n) is 5.98. The van der Waals surface area contributed by atoms with Crippen molar-refractivity contribution in [1.29, 1.82) is 0 Å². The summed E-state index contributed by atoms with van der Waals surface area (Å²) in [4.78, 5) is 54.6. The summed E-state index contributed by atoms with van der Waals surface area (Å²) in [6.07, 6.45) is 8.94. The SMILES string of the molecule is Cc1c(C)c(ON2CCCC2C=O)c2c(=O)n3c(C)c(C)c(C)c3[nH]c2c1C.O=CC1CCCN1.O=CC1CCCN1. The van der Waals surface area contributed by atoms with E-state index >= 15 is 0 Å². The number of carbonyl (C=O) groups is 3. The molecule has 3 fully saturated rings. The van der Waals surface area contributed by atoms with E-state index in [9.17, 15) is 19.2 Å². The van der Waals surface area contributed by atoms with Gasteiger partial charge in [0.1, 0.15) is 35.9 Å². The summed E-state index contributed by atoms with van der Waals surface area (Å²) < 4.78 is 1.75. The molecule has 3 unspecified atom stereocenters. The number of hydrogen-bond acceptors (Lipinski definition) is 8. The minimum atomic E-state index is -0.267. The second-order valence-corrected chi connectivity index (χ2v) is 11.7. The quantitative estimate of drug-likeness (QED) is 0.393. The van der Waals surface area contributed by atoms with Crippen molar-refractivity contribution in [1.82, 2.24) is 25.1 Å². The van der Waals surface area contributed by atoms with Crippen LogP contribution in [-0.4, -0.2) is 71.1 Å². The smallest absolute Gasteiger partial charge is 0.269 e. The van der Waals surface area contributed by atoms with E-state index in [0.29, 0.717) is 17.7 Å². The number of benzene rings is 1. The van der Waals surface area contributed by atoms with Crippen molar-refractivity contribution in [3.63, 3.8) is 0 Å². The summed E-state index contributed by atoms with van der Waals surface area (Å²) in [6, 6.07) is 0.0664. The molecule has 2 aromatic heterocycles. The first-order valence-electron chi connectivity index (χ1n) is 15.1. The third-order valence-corrected chi connectivity index (χ3v) is 9.14. The Hall–Kier alpha value is -3.34. The topological polar surface area (TPSA) is 125 Å². The van der Waals surface area contributed by atoms with E-state index in [0.717, 1.165) is 115 Å². The Bertz CT molecular complexity index is 1490. The van der Waals surface area contributed by atoms with Crippen LogP contribution in [0.15, 0.2) is 4.79 Å². The third-order valence-electron chi connectivity index (χ3n) is 9.14. The summed E-state index contributed by atoms with van der Waals surface area (Å²) in [6.45, 7) is 14.8. The van der Waals surface area contributed by atoms with Crippen LogP contribution in [0, 0.1) is 41.5 Å². The lowest BCUT2D eigenvalue weighted by Crippen LogP contribution is -2.34. The van der Waals surface area contributed by atoms with Crippen LogP contribution >= 0.6 is 0 Å². The largest absolute Gasteiger partial charge is 0.404 e. The van der Waals surface area contributed by atoms with Crippen LogP contribution in [0.25, 0.3) is 16.6 Å². The number of nitrogens with zero attached hydrogens (tertiary/aromatic N) is 2. The summed E-state index contributed by atoms with van der Waals surface area (Å²) in [5.74, 6) is 0.554. The van der Waals surface area contributed by atoms with Gasteiger partial charge in [0, 0.05) is 12.2 Å². The lowest BCUT2D eigenvalue weighted by molar-refractivity contribution is -0.124. The van der Waals surface area contributed by atoms with Gasteiger partial charge in [0.2, 0.25) is 0 Å². The predicted octanol–water partition coefficient (Wildman–Crippen LogP) is 3.46. The fourth-order valence-corrected chi connectivity index (χ4v) is 5.98. The highest BCUT2D eigenvalue weighted by molar-refractivity contribution is 5.91. The first-order valence-corrected chi connectivity index (χ1v) is 15.1. The number of aromatic nitrogens is 2. The maximum Gasteiger partial charge on any atom is 0.269 e. The van der Waals surface area contributed by atoms with Gasteiger partial charge in [0.15, 0.2) is 5.75 Å². The van der Waals surface area contributed by atoms with Crippen LogP contribution in [0.5, 0.6) is 5.75 Å². The monoisotopic (exact) mass is 579 g/mol. The van der Waals surface area contributed by atoms with E-state index in [-0.39, 0.29) is 23.7 Å². The first kappa shape index (κ1) is 31.6. The van der Waals surface area contributed by atoms with Crippen LogP contribution in [0.3, 0.4) is 0 Å². The molecule has 0 spiro atoms. The molecule has 228 valence electrons. The maximum atomic E-state index is 13.6. The van der Waals surface area contributed by atoms with Gasteiger partial charge in [0.25, 0.3) is 5.56 Å². The van der Waals surface area contributed by atoms with E-state index in [1.54, 1.807) is 9.46 Å². The van der Waals surface area contributed by atoms with Gasteiger partial charge >= 0.3 is 0 Å². The number of hydroxylamine groups is 2. The van der Waals surface area contributed by atoms with Gasteiger partial charge in [-0.1, -0.05) is 0 Å². The van der Waals surface area contributed by atoms with Crippen molar-refractivity contribution in [3.05, 3.63) is 43.9 Å². The van der Waals surface area contributed by atoms with Crippen LogP contribution in [-0.2, 0) is 14.4 Å². The molecule has 3 aliphatic rings. The average molecular weight is 580 g/mol. The Balaban J connectivity index is 0.000000235. The molecule has 0 bridgehead atoms. The summed E-state index contributed by atoms with van der Waals surface area (Å²) in [7, 11) is 0.